The van der Waals surface area contributed by atoms with Gasteiger partial charge in [0.15, 0.2) is 0 Å². The van der Waals surface area contributed by atoms with E-state index in [0.29, 0.717) is 17.3 Å². The molecule has 1 fully saturated rings. The fourth-order valence-corrected chi connectivity index (χ4v) is 2.97. The molecule has 126 valence electrons. The topological polar surface area (TPSA) is 67.6 Å². The van der Waals surface area contributed by atoms with Gasteiger partial charge in [0.05, 0.1) is 28.8 Å². The number of nitro groups is 1. The van der Waals surface area contributed by atoms with Crippen molar-refractivity contribution in [2.45, 2.75) is 6.54 Å². The second-order valence-corrected chi connectivity index (χ2v) is 5.91. The maximum absolute atomic E-state index is 10.8. The van der Waals surface area contributed by atoms with Crippen LogP contribution in [0.4, 0.5) is 17.1 Å². The summed E-state index contributed by atoms with van der Waals surface area (Å²) in [5.74, 6) is 0. The molecule has 7 heteroatoms. The molecule has 0 spiro atoms. The maximum atomic E-state index is 10.8. The van der Waals surface area contributed by atoms with Crippen LogP contribution in [-0.4, -0.2) is 31.2 Å². The molecule has 0 aromatic heterocycles. The van der Waals surface area contributed by atoms with Gasteiger partial charge in [0.2, 0.25) is 0 Å². The van der Waals surface area contributed by atoms with Crippen molar-refractivity contribution in [1.82, 2.24) is 0 Å². The minimum absolute atomic E-state index is 0.0146. The van der Waals surface area contributed by atoms with Crippen LogP contribution in [0.2, 0.25) is 5.02 Å². The minimum atomic E-state index is -0.455. The second kappa shape index (κ2) is 7.51. The molecular weight excluding hydrogens is 330 g/mol. The number of nitro benzene ring substituents is 1. The summed E-state index contributed by atoms with van der Waals surface area (Å²) in [6, 6.07) is 12.6. The lowest BCUT2D eigenvalue weighted by atomic mass is 10.1. The number of nitrogens with one attached hydrogen (secondary N) is 1. The summed E-state index contributed by atoms with van der Waals surface area (Å²) in [4.78, 5) is 12.6. The largest absolute Gasteiger partial charge is 0.380 e. The molecule has 0 amide bonds. The van der Waals surface area contributed by atoms with Gasteiger partial charge in [0.1, 0.15) is 0 Å². The Hall–Kier alpha value is -2.31. The molecule has 24 heavy (non-hydrogen) atoms. The lowest BCUT2D eigenvalue weighted by Crippen LogP contribution is -2.36. The van der Waals surface area contributed by atoms with Crippen molar-refractivity contribution in [3.63, 3.8) is 0 Å². The van der Waals surface area contributed by atoms with Crippen molar-refractivity contribution in [3.8, 4) is 0 Å². The molecular formula is C17H18ClN3O3. The van der Waals surface area contributed by atoms with Gasteiger partial charge >= 0.3 is 0 Å². The highest BCUT2D eigenvalue weighted by Crippen LogP contribution is 2.28. The molecule has 1 aliphatic heterocycles. The van der Waals surface area contributed by atoms with E-state index in [-0.39, 0.29) is 5.69 Å². The highest BCUT2D eigenvalue weighted by Gasteiger charge is 2.15. The van der Waals surface area contributed by atoms with Crippen LogP contribution in [0.1, 0.15) is 5.56 Å². The zero-order chi connectivity index (χ0) is 16.9. The van der Waals surface area contributed by atoms with Crippen LogP contribution in [0.5, 0.6) is 0 Å². The number of benzene rings is 2. The Morgan fingerprint density at radius 3 is 2.67 bits per heavy atom. The zero-order valence-corrected chi connectivity index (χ0v) is 13.8. The van der Waals surface area contributed by atoms with E-state index in [4.69, 9.17) is 16.3 Å². The first kappa shape index (κ1) is 16.5. The van der Waals surface area contributed by atoms with Crippen LogP contribution < -0.4 is 10.2 Å². The molecule has 2 aromatic carbocycles. The average Bonchev–Trinajstić information content (AvgIpc) is 2.61. The third kappa shape index (κ3) is 3.77. The maximum Gasteiger partial charge on any atom is 0.271 e. The lowest BCUT2D eigenvalue weighted by molar-refractivity contribution is -0.384. The molecule has 6 nitrogen and oxygen atoms in total. The molecule has 1 heterocycles. The van der Waals surface area contributed by atoms with Crippen molar-refractivity contribution >= 4 is 28.7 Å². The van der Waals surface area contributed by atoms with Crippen molar-refractivity contribution in [1.29, 1.82) is 0 Å². The highest BCUT2D eigenvalue weighted by atomic mass is 35.5. The Balaban J connectivity index is 1.74. The van der Waals surface area contributed by atoms with E-state index in [0.717, 1.165) is 31.9 Å². The van der Waals surface area contributed by atoms with E-state index in [1.807, 2.05) is 12.1 Å². The van der Waals surface area contributed by atoms with Crippen molar-refractivity contribution in [3.05, 3.63) is 63.2 Å². The van der Waals surface area contributed by atoms with Gasteiger partial charge in [-0.15, -0.1) is 0 Å². The number of hydrogen-bond acceptors (Lipinski definition) is 5. The van der Waals surface area contributed by atoms with Crippen LogP contribution in [-0.2, 0) is 11.3 Å². The van der Waals surface area contributed by atoms with Crippen LogP contribution >= 0.6 is 11.6 Å². The van der Waals surface area contributed by atoms with Gasteiger partial charge < -0.3 is 15.0 Å². The number of halogens is 1. The van der Waals surface area contributed by atoms with E-state index in [1.165, 1.54) is 17.8 Å². The van der Waals surface area contributed by atoms with Gasteiger partial charge in [-0.3, -0.25) is 10.1 Å². The summed E-state index contributed by atoms with van der Waals surface area (Å²) >= 11 is 6.13. The summed E-state index contributed by atoms with van der Waals surface area (Å²) in [6.45, 7) is 3.79. The Labute approximate surface area is 145 Å². The first-order valence-electron chi connectivity index (χ1n) is 7.73. The smallest absolute Gasteiger partial charge is 0.271 e. The molecule has 0 aliphatic carbocycles. The van der Waals surface area contributed by atoms with Crippen LogP contribution in [0.15, 0.2) is 42.5 Å². The van der Waals surface area contributed by atoms with Crippen molar-refractivity contribution < 1.29 is 9.66 Å². The number of para-hydroxylation sites is 1. The number of ether oxygens (including phenoxy) is 1. The Morgan fingerprint density at radius 1 is 1.21 bits per heavy atom. The molecule has 0 radical (unpaired) electrons. The predicted octanol–water partition coefficient (Wildman–Crippen LogP) is 3.70. The molecule has 1 aliphatic rings. The predicted molar refractivity (Wildman–Crippen MR) is 94.9 cm³/mol. The third-order valence-electron chi connectivity index (χ3n) is 3.98. The number of morpholine rings is 1. The number of nitrogens with zero attached hydrogens (tertiary/aromatic N) is 2. The third-order valence-corrected chi connectivity index (χ3v) is 4.29. The van der Waals surface area contributed by atoms with Gasteiger partial charge in [-0.05, 0) is 17.7 Å². The number of anilines is 2. The molecule has 0 atom stereocenters. The Bertz CT molecular complexity index is 733. The molecule has 1 saturated heterocycles. The number of rotatable bonds is 5. The summed E-state index contributed by atoms with van der Waals surface area (Å²) in [7, 11) is 0. The normalized spacial score (nSPS) is 14.5. The number of hydrogen-bond donors (Lipinski definition) is 1. The fraction of sp³-hybridized carbons (Fsp3) is 0.294. The second-order valence-electron chi connectivity index (χ2n) is 5.50. The molecule has 0 unspecified atom stereocenters. The lowest BCUT2D eigenvalue weighted by Gasteiger charge is -2.30. The summed E-state index contributed by atoms with van der Waals surface area (Å²) < 4.78 is 5.41. The Kier molecular flexibility index (Phi) is 5.17. The quantitative estimate of drug-likeness (QED) is 0.660. The average molecular weight is 348 g/mol. The fourth-order valence-electron chi connectivity index (χ4n) is 2.72. The summed E-state index contributed by atoms with van der Waals surface area (Å²) in [5.41, 5.74) is 2.98. The van der Waals surface area contributed by atoms with E-state index < -0.39 is 4.92 Å². The first-order valence-corrected chi connectivity index (χ1v) is 8.11. The Morgan fingerprint density at radius 2 is 1.96 bits per heavy atom. The van der Waals surface area contributed by atoms with E-state index in [2.05, 4.69) is 22.3 Å². The van der Waals surface area contributed by atoms with E-state index in [9.17, 15) is 10.1 Å². The van der Waals surface area contributed by atoms with Gasteiger partial charge in [-0.1, -0.05) is 29.8 Å². The highest BCUT2D eigenvalue weighted by molar-refractivity contribution is 6.33. The van der Waals surface area contributed by atoms with Crippen molar-refractivity contribution in [2.24, 2.45) is 0 Å². The van der Waals surface area contributed by atoms with E-state index in [1.54, 1.807) is 6.07 Å². The molecule has 3 rings (SSSR count). The van der Waals surface area contributed by atoms with Gasteiger partial charge in [-0.2, -0.15) is 0 Å². The number of non-ortho nitro benzene ring substituents is 1. The molecule has 1 N–H and O–H groups in total. The summed E-state index contributed by atoms with van der Waals surface area (Å²) in [6.07, 6.45) is 0. The van der Waals surface area contributed by atoms with Gasteiger partial charge in [0, 0.05) is 37.5 Å². The monoisotopic (exact) mass is 347 g/mol. The van der Waals surface area contributed by atoms with Crippen molar-refractivity contribution in [2.75, 3.05) is 36.5 Å². The van der Waals surface area contributed by atoms with Gasteiger partial charge in [-0.25, -0.2) is 0 Å². The van der Waals surface area contributed by atoms with E-state index >= 15 is 0 Å². The van der Waals surface area contributed by atoms with Crippen LogP contribution in [0.3, 0.4) is 0 Å². The SMILES string of the molecule is O=[N+]([O-])c1ccc(NCc2ccccc2N2CCOCC2)c(Cl)c1. The van der Waals surface area contributed by atoms with Crippen LogP contribution in [0, 0.1) is 10.1 Å². The van der Waals surface area contributed by atoms with Crippen LogP contribution in [0.25, 0.3) is 0 Å². The zero-order valence-electron chi connectivity index (χ0n) is 13.1. The summed E-state index contributed by atoms with van der Waals surface area (Å²) in [5, 5.41) is 14.4. The molecule has 2 aromatic rings. The minimum Gasteiger partial charge on any atom is -0.380 e. The standard InChI is InChI=1S/C17H18ClN3O3/c18-15-11-14(21(22)23)5-6-16(15)19-12-13-3-1-2-4-17(13)20-7-9-24-10-8-20/h1-6,11,19H,7-10,12H2. The van der Waals surface area contributed by atoms with Gasteiger partial charge in [0.25, 0.3) is 5.69 Å². The molecule has 0 bridgehead atoms. The molecule has 0 saturated carbocycles. The first-order chi connectivity index (χ1) is 11.6.